The van der Waals surface area contributed by atoms with Gasteiger partial charge in [0.25, 0.3) is 0 Å². The van der Waals surface area contributed by atoms with Crippen LogP contribution < -0.4 is 5.23 Å². The molecule has 0 spiro atoms. The van der Waals surface area contributed by atoms with Crippen LogP contribution in [0.1, 0.15) is 20.8 Å². The van der Waals surface area contributed by atoms with Crippen molar-refractivity contribution in [2.75, 3.05) is 6.61 Å². The van der Waals surface area contributed by atoms with E-state index in [1.165, 1.54) is 5.06 Å². The summed E-state index contributed by atoms with van der Waals surface area (Å²) in [5, 5.41) is 21.0. The average molecular weight is 174 g/mol. The van der Waals surface area contributed by atoms with Crippen LogP contribution in [0.3, 0.4) is 0 Å². The predicted octanol–water partition coefficient (Wildman–Crippen LogP) is -0.837. The number of rotatable bonds is 2. The first kappa shape index (κ1) is 9.47. The molecule has 0 bridgehead atoms. The lowest BCUT2D eigenvalue weighted by molar-refractivity contribution is -1.04. The molecule has 1 aliphatic heterocycles. The normalized spacial score (nSPS) is 24.5. The molecule has 5 heteroatoms. The third-order valence-corrected chi connectivity index (χ3v) is 1.81. The number of allylic oxidation sites excluding steroid dienone is 1. The number of quaternary nitrogens is 1. The van der Waals surface area contributed by atoms with E-state index in [4.69, 9.17) is 10.0 Å². The Morgan fingerprint density at radius 1 is 1.67 bits per heavy atom. The summed E-state index contributed by atoms with van der Waals surface area (Å²) >= 11 is 0. The van der Waals surface area contributed by atoms with Crippen molar-refractivity contribution in [3.05, 3.63) is 16.6 Å². The summed E-state index contributed by atoms with van der Waals surface area (Å²) in [6.07, 6.45) is 0. The van der Waals surface area contributed by atoms with Gasteiger partial charge >= 0.3 is 0 Å². The Bertz CT molecular complexity index is 203. The first-order chi connectivity index (χ1) is 5.57. The van der Waals surface area contributed by atoms with Gasteiger partial charge in [-0.05, 0) is 13.8 Å². The van der Waals surface area contributed by atoms with Crippen LogP contribution in [-0.4, -0.2) is 22.8 Å². The highest BCUT2D eigenvalue weighted by Gasteiger charge is 2.30. The summed E-state index contributed by atoms with van der Waals surface area (Å²) in [4.78, 5) is 4.90. The minimum atomic E-state index is -0.368. The lowest BCUT2D eigenvalue weighted by Crippen LogP contribution is -3.03. The molecule has 1 heterocycles. The zero-order valence-corrected chi connectivity index (χ0v) is 7.50. The third-order valence-electron chi connectivity index (χ3n) is 1.81. The highest BCUT2D eigenvalue weighted by atomic mass is 17.0. The van der Waals surface area contributed by atoms with Gasteiger partial charge in [-0.3, -0.25) is 0 Å². The number of aliphatic hydroxyl groups excluding tert-OH is 1. The maximum atomic E-state index is 11.0. The van der Waals surface area contributed by atoms with Crippen LogP contribution in [0.2, 0.25) is 0 Å². The highest BCUT2D eigenvalue weighted by molar-refractivity contribution is 5.05. The van der Waals surface area contributed by atoms with Gasteiger partial charge in [0.05, 0.1) is 12.6 Å². The van der Waals surface area contributed by atoms with Crippen molar-refractivity contribution < 1.29 is 15.3 Å². The van der Waals surface area contributed by atoms with E-state index in [9.17, 15) is 5.21 Å². The average Bonchev–Trinajstić information content (AvgIpc) is 2.29. The van der Waals surface area contributed by atoms with Gasteiger partial charge in [-0.2, -0.15) is 10.3 Å². The van der Waals surface area contributed by atoms with Crippen LogP contribution in [0.5, 0.6) is 0 Å². The second kappa shape index (κ2) is 3.40. The van der Waals surface area contributed by atoms with E-state index >= 15 is 0 Å². The maximum absolute atomic E-state index is 11.0. The standard InChI is InChI=1S/C7H14N2O3/c1-5(2)8-7(4-10)6(3)9(11)12-8/h5,9-10H,4H2,1-3H3. The Labute approximate surface area is 71.3 Å². The maximum Gasteiger partial charge on any atom is 0.163 e. The molecule has 1 aliphatic rings. The van der Waals surface area contributed by atoms with E-state index in [0.29, 0.717) is 11.4 Å². The van der Waals surface area contributed by atoms with Crippen LogP contribution >= 0.6 is 0 Å². The van der Waals surface area contributed by atoms with Crippen molar-refractivity contribution in [1.82, 2.24) is 5.06 Å². The summed E-state index contributed by atoms with van der Waals surface area (Å²) in [5.41, 5.74) is 1.06. The van der Waals surface area contributed by atoms with E-state index in [0.717, 1.165) is 0 Å². The fourth-order valence-corrected chi connectivity index (χ4v) is 1.10. The van der Waals surface area contributed by atoms with Crippen molar-refractivity contribution in [3.8, 4) is 0 Å². The van der Waals surface area contributed by atoms with Crippen LogP contribution in [-0.2, 0) is 4.94 Å². The Morgan fingerprint density at radius 2 is 2.25 bits per heavy atom. The smallest absolute Gasteiger partial charge is 0.163 e. The molecule has 70 valence electrons. The van der Waals surface area contributed by atoms with E-state index < -0.39 is 0 Å². The van der Waals surface area contributed by atoms with Crippen molar-refractivity contribution in [3.63, 3.8) is 0 Å². The van der Waals surface area contributed by atoms with E-state index in [1.807, 2.05) is 13.8 Å². The molecule has 1 rings (SSSR count). The summed E-state index contributed by atoms with van der Waals surface area (Å²) in [5.74, 6) is 0. The molecule has 2 N–H and O–H groups in total. The minimum Gasteiger partial charge on any atom is -0.593 e. The lowest BCUT2D eigenvalue weighted by Gasteiger charge is -2.21. The summed E-state index contributed by atoms with van der Waals surface area (Å²) in [6, 6.07) is 0.0635. The van der Waals surface area contributed by atoms with Crippen LogP contribution in [0.25, 0.3) is 0 Å². The van der Waals surface area contributed by atoms with Gasteiger partial charge in [0, 0.05) is 6.92 Å². The quantitative estimate of drug-likeness (QED) is 0.536. The molecule has 1 unspecified atom stereocenters. The molecule has 0 aromatic rings. The third kappa shape index (κ3) is 1.44. The molecule has 12 heavy (non-hydrogen) atoms. The largest absolute Gasteiger partial charge is 0.593 e. The molecule has 0 amide bonds. The van der Waals surface area contributed by atoms with Gasteiger partial charge in [-0.1, -0.05) is 4.94 Å². The van der Waals surface area contributed by atoms with Crippen LogP contribution in [0.4, 0.5) is 0 Å². The molecule has 5 nitrogen and oxygen atoms in total. The van der Waals surface area contributed by atoms with Crippen molar-refractivity contribution in [2.45, 2.75) is 26.8 Å². The Hall–Kier alpha value is -0.620. The van der Waals surface area contributed by atoms with Gasteiger partial charge in [0.1, 0.15) is 5.70 Å². The Kier molecular flexibility index (Phi) is 2.69. The molecule has 0 aromatic carbocycles. The molecule has 0 radical (unpaired) electrons. The van der Waals surface area contributed by atoms with Gasteiger partial charge in [0.2, 0.25) is 0 Å². The summed E-state index contributed by atoms with van der Waals surface area (Å²) < 4.78 is 0. The number of nitrogens with one attached hydrogen (secondary N) is 1. The number of nitrogens with zero attached hydrogens (tertiary/aromatic N) is 1. The lowest BCUT2D eigenvalue weighted by atomic mass is 10.3. The van der Waals surface area contributed by atoms with Gasteiger partial charge in [-0.15, -0.1) is 0 Å². The highest BCUT2D eigenvalue weighted by Crippen LogP contribution is 2.14. The molecule has 0 saturated heterocycles. The molecule has 0 aromatic heterocycles. The molecular formula is C7H14N2O3. The molecular weight excluding hydrogens is 160 g/mol. The topological polar surface area (TPSA) is 60.2 Å². The number of hydroxylamine groups is 4. The molecule has 0 fully saturated rings. The second-order valence-corrected chi connectivity index (χ2v) is 3.03. The first-order valence-electron chi connectivity index (χ1n) is 3.90. The Morgan fingerprint density at radius 3 is 2.58 bits per heavy atom. The minimum absolute atomic E-state index is 0.0635. The van der Waals surface area contributed by atoms with Crippen molar-refractivity contribution >= 4 is 0 Å². The number of hydrogen-bond acceptors (Lipinski definition) is 4. The van der Waals surface area contributed by atoms with E-state index in [-0.39, 0.29) is 17.9 Å². The van der Waals surface area contributed by atoms with Crippen LogP contribution in [0.15, 0.2) is 11.4 Å². The fourth-order valence-electron chi connectivity index (χ4n) is 1.10. The zero-order valence-electron chi connectivity index (χ0n) is 7.50. The SMILES string of the molecule is CC1=C(CO)N(C(C)C)O[NH+]1[O-]. The Balaban J connectivity index is 2.83. The molecule has 1 atom stereocenters. The van der Waals surface area contributed by atoms with Crippen LogP contribution in [0, 0.1) is 5.21 Å². The van der Waals surface area contributed by atoms with E-state index in [1.54, 1.807) is 6.92 Å². The summed E-state index contributed by atoms with van der Waals surface area (Å²) in [7, 11) is 0. The predicted molar refractivity (Wildman–Crippen MR) is 42.2 cm³/mol. The summed E-state index contributed by atoms with van der Waals surface area (Å²) in [6.45, 7) is 5.27. The monoisotopic (exact) mass is 174 g/mol. The second-order valence-electron chi connectivity index (χ2n) is 3.03. The van der Waals surface area contributed by atoms with Gasteiger partial charge < -0.3 is 10.3 Å². The van der Waals surface area contributed by atoms with Gasteiger partial charge in [0.15, 0.2) is 5.70 Å². The number of hydrogen-bond donors (Lipinski definition) is 2. The number of aliphatic hydroxyl groups is 1. The van der Waals surface area contributed by atoms with Crippen molar-refractivity contribution in [2.24, 2.45) is 0 Å². The zero-order chi connectivity index (χ0) is 9.30. The molecule has 0 aliphatic carbocycles. The van der Waals surface area contributed by atoms with Crippen molar-refractivity contribution in [1.29, 1.82) is 0 Å². The van der Waals surface area contributed by atoms with Gasteiger partial charge in [-0.25, -0.2) is 0 Å². The van der Waals surface area contributed by atoms with E-state index in [2.05, 4.69) is 0 Å². The fraction of sp³-hybridized carbons (Fsp3) is 0.714. The molecule has 0 saturated carbocycles. The first-order valence-corrected chi connectivity index (χ1v) is 3.90.